The number of phenolic OH excluding ortho intramolecular Hbond substituents is 1. The summed E-state index contributed by atoms with van der Waals surface area (Å²) >= 11 is 0. The van der Waals surface area contributed by atoms with Gasteiger partial charge >= 0.3 is 0 Å². The van der Waals surface area contributed by atoms with Crippen molar-refractivity contribution in [2.75, 3.05) is 13.7 Å². The Labute approximate surface area is 100 Å². The zero-order valence-corrected chi connectivity index (χ0v) is 10.0. The molecule has 94 valence electrons. The highest BCUT2D eigenvalue weighted by atomic mass is 19.1. The monoisotopic (exact) mass is 239 g/mol. The number of halogens is 1. The summed E-state index contributed by atoms with van der Waals surface area (Å²) in [7, 11) is 1.42. The Morgan fingerprint density at radius 2 is 2.06 bits per heavy atom. The van der Waals surface area contributed by atoms with Gasteiger partial charge in [-0.2, -0.15) is 0 Å². The molecule has 3 N–H and O–H groups in total. The molecule has 1 aliphatic carbocycles. The van der Waals surface area contributed by atoms with Crippen LogP contribution in [0.4, 0.5) is 4.39 Å². The summed E-state index contributed by atoms with van der Waals surface area (Å²) in [5, 5.41) is 10.1. The van der Waals surface area contributed by atoms with E-state index in [1.54, 1.807) is 0 Å². The van der Waals surface area contributed by atoms with E-state index in [0.717, 1.165) is 25.7 Å². The summed E-state index contributed by atoms with van der Waals surface area (Å²) in [6.07, 6.45) is 3.91. The van der Waals surface area contributed by atoms with Crippen LogP contribution in [0.5, 0.6) is 11.5 Å². The minimum absolute atomic E-state index is 0.0289. The summed E-state index contributed by atoms with van der Waals surface area (Å²) in [6, 6.07) is 2.58. The van der Waals surface area contributed by atoms with Gasteiger partial charge in [0.25, 0.3) is 0 Å². The van der Waals surface area contributed by atoms with E-state index in [1.807, 2.05) is 0 Å². The topological polar surface area (TPSA) is 55.5 Å². The smallest absolute Gasteiger partial charge is 0.163 e. The van der Waals surface area contributed by atoms with Crippen molar-refractivity contribution in [3.8, 4) is 11.5 Å². The van der Waals surface area contributed by atoms with Gasteiger partial charge in [0.15, 0.2) is 11.5 Å². The lowest BCUT2D eigenvalue weighted by Crippen LogP contribution is -2.32. The van der Waals surface area contributed by atoms with Crippen molar-refractivity contribution in [2.24, 2.45) is 5.73 Å². The summed E-state index contributed by atoms with van der Waals surface area (Å²) in [5.41, 5.74) is 6.14. The van der Waals surface area contributed by atoms with Gasteiger partial charge in [-0.15, -0.1) is 0 Å². The first-order valence-electron chi connectivity index (χ1n) is 5.90. The minimum Gasteiger partial charge on any atom is -0.504 e. The maximum Gasteiger partial charge on any atom is 0.163 e. The van der Waals surface area contributed by atoms with E-state index >= 15 is 0 Å². The number of aromatic hydroxyl groups is 1. The molecule has 0 radical (unpaired) electrons. The molecule has 1 aliphatic rings. The Balaban J connectivity index is 2.53. The lowest BCUT2D eigenvalue weighted by atomic mass is 9.78. The first kappa shape index (κ1) is 12.2. The maximum atomic E-state index is 13.5. The third-order valence-corrected chi connectivity index (χ3v) is 3.78. The molecular formula is C13H18FNO2. The van der Waals surface area contributed by atoms with Crippen LogP contribution >= 0.6 is 0 Å². The first-order chi connectivity index (χ1) is 8.13. The molecule has 0 atom stereocenters. The average molecular weight is 239 g/mol. The molecule has 0 saturated heterocycles. The summed E-state index contributed by atoms with van der Waals surface area (Å²) < 4.78 is 18.5. The zero-order valence-electron chi connectivity index (χ0n) is 10.0. The Morgan fingerprint density at radius 1 is 1.41 bits per heavy atom. The van der Waals surface area contributed by atoms with Gasteiger partial charge in [0.1, 0.15) is 5.82 Å². The molecule has 0 unspecified atom stereocenters. The second kappa shape index (κ2) is 4.53. The van der Waals surface area contributed by atoms with Gasteiger partial charge in [-0.05, 0) is 18.9 Å². The van der Waals surface area contributed by atoms with Crippen LogP contribution in [-0.2, 0) is 5.41 Å². The van der Waals surface area contributed by atoms with E-state index < -0.39 is 5.82 Å². The van der Waals surface area contributed by atoms with Crippen LogP contribution in [0.1, 0.15) is 31.2 Å². The van der Waals surface area contributed by atoms with Gasteiger partial charge in [0.05, 0.1) is 7.11 Å². The molecule has 0 aromatic heterocycles. The second-order valence-corrected chi connectivity index (χ2v) is 4.70. The van der Waals surface area contributed by atoms with Crippen LogP contribution in [0.25, 0.3) is 0 Å². The SMILES string of the molecule is COc1cc(F)cc(C2(CN)CCCC2)c1O. The number of nitrogens with two attached hydrogens (primary N) is 1. The standard InChI is InChI=1S/C13H18FNO2/c1-17-11-7-9(14)6-10(12(11)16)13(8-15)4-2-3-5-13/h6-7,16H,2-5,8,15H2,1H3. The minimum atomic E-state index is -0.394. The fourth-order valence-electron chi connectivity index (χ4n) is 2.77. The molecule has 0 heterocycles. The molecule has 1 aromatic rings. The van der Waals surface area contributed by atoms with Gasteiger partial charge in [-0.3, -0.25) is 0 Å². The summed E-state index contributed by atoms with van der Waals surface area (Å²) in [4.78, 5) is 0. The molecule has 1 fully saturated rings. The van der Waals surface area contributed by atoms with Gasteiger partial charge < -0.3 is 15.6 Å². The number of methoxy groups -OCH3 is 1. The van der Waals surface area contributed by atoms with Crippen LogP contribution in [0.2, 0.25) is 0 Å². The summed E-state index contributed by atoms with van der Waals surface area (Å²) in [6.45, 7) is 0.424. The van der Waals surface area contributed by atoms with Crippen LogP contribution in [0.15, 0.2) is 12.1 Å². The average Bonchev–Trinajstić information content (AvgIpc) is 2.81. The van der Waals surface area contributed by atoms with Gasteiger partial charge in [-0.25, -0.2) is 4.39 Å². The Kier molecular flexibility index (Phi) is 3.24. The highest BCUT2D eigenvalue weighted by Crippen LogP contribution is 2.46. The van der Waals surface area contributed by atoms with Crippen molar-refractivity contribution in [1.29, 1.82) is 0 Å². The van der Waals surface area contributed by atoms with Crippen molar-refractivity contribution in [3.63, 3.8) is 0 Å². The van der Waals surface area contributed by atoms with Crippen LogP contribution in [0, 0.1) is 5.82 Å². The normalized spacial score (nSPS) is 18.3. The quantitative estimate of drug-likeness (QED) is 0.851. The maximum absolute atomic E-state index is 13.5. The number of ether oxygens (including phenoxy) is 1. The van der Waals surface area contributed by atoms with E-state index in [4.69, 9.17) is 10.5 Å². The van der Waals surface area contributed by atoms with E-state index in [9.17, 15) is 9.50 Å². The number of benzene rings is 1. The van der Waals surface area contributed by atoms with Crippen LogP contribution < -0.4 is 10.5 Å². The van der Waals surface area contributed by atoms with Crippen LogP contribution in [0.3, 0.4) is 0 Å². The van der Waals surface area contributed by atoms with Gasteiger partial charge in [0.2, 0.25) is 0 Å². The lowest BCUT2D eigenvalue weighted by Gasteiger charge is -2.29. The molecule has 2 rings (SSSR count). The molecule has 1 saturated carbocycles. The van der Waals surface area contributed by atoms with Crippen LogP contribution in [-0.4, -0.2) is 18.8 Å². The molecule has 0 aliphatic heterocycles. The van der Waals surface area contributed by atoms with Gasteiger partial charge in [-0.1, -0.05) is 12.8 Å². The number of hydrogen-bond donors (Lipinski definition) is 2. The number of rotatable bonds is 3. The highest BCUT2D eigenvalue weighted by molar-refractivity contribution is 5.50. The highest BCUT2D eigenvalue weighted by Gasteiger charge is 2.37. The molecule has 17 heavy (non-hydrogen) atoms. The van der Waals surface area contributed by atoms with E-state index in [2.05, 4.69) is 0 Å². The fourth-order valence-corrected chi connectivity index (χ4v) is 2.77. The van der Waals surface area contributed by atoms with Gasteiger partial charge in [0, 0.05) is 23.6 Å². The Hall–Kier alpha value is -1.29. The largest absolute Gasteiger partial charge is 0.504 e. The van der Waals surface area contributed by atoms with Crippen molar-refractivity contribution in [1.82, 2.24) is 0 Å². The first-order valence-corrected chi connectivity index (χ1v) is 5.90. The second-order valence-electron chi connectivity index (χ2n) is 4.70. The van der Waals surface area contributed by atoms with Crippen molar-refractivity contribution >= 4 is 0 Å². The van der Waals surface area contributed by atoms with Crippen molar-refractivity contribution in [2.45, 2.75) is 31.1 Å². The predicted octanol–water partition coefficient (Wildman–Crippen LogP) is 2.31. The Morgan fingerprint density at radius 3 is 2.59 bits per heavy atom. The molecule has 0 bridgehead atoms. The van der Waals surface area contributed by atoms with E-state index in [0.29, 0.717) is 12.1 Å². The number of hydrogen-bond acceptors (Lipinski definition) is 3. The molecule has 3 nitrogen and oxygen atoms in total. The third-order valence-electron chi connectivity index (χ3n) is 3.78. The lowest BCUT2D eigenvalue weighted by molar-refractivity contribution is 0.350. The fraction of sp³-hybridized carbons (Fsp3) is 0.538. The molecule has 1 aromatic carbocycles. The third kappa shape index (κ3) is 1.97. The van der Waals surface area contributed by atoms with Crippen molar-refractivity contribution < 1.29 is 14.2 Å². The molecular weight excluding hydrogens is 221 g/mol. The van der Waals surface area contributed by atoms with E-state index in [1.165, 1.54) is 19.2 Å². The Bertz CT molecular complexity index is 414. The molecule has 4 heteroatoms. The predicted molar refractivity (Wildman–Crippen MR) is 63.8 cm³/mol. The number of phenols is 1. The molecule has 0 spiro atoms. The van der Waals surface area contributed by atoms with E-state index in [-0.39, 0.29) is 16.9 Å². The summed E-state index contributed by atoms with van der Waals surface area (Å²) in [5.74, 6) is -0.185. The van der Waals surface area contributed by atoms with Crippen molar-refractivity contribution in [3.05, 3.63) is 23.5 Å². The zero-order chi connectivity index (χ0) is 12.5. The molecule has 0 amide bonds.